The predicted molar refractivity (Wildman–Crippen MR) is 58.1 cm³/mol. The molecule has 1 amide bonds. The van der Waals surface area contributed by atoms with Gasteiger partial charge in [0.2, 0.25) is 5.91 Å². The molecule has 0 bridgehead atoms. The van der Waals surface area contributed by atoms with Gasteiger partial charge in [0.1, 0.15) is 10.7 Å². The molecule has 1 unspecified atom stereocenters. The molecule has 0 saturated carbocycles. The highest BCUT2D eigenvalue weighted by molar-refractivity contribution is 7.71. The molecule has 0 radical (unpaired) electrons. The SMILES string of the molecule is CC(C(N)=O)c1ccc(C[SH](=O)=O)cc1. The third-order valence-electron chi connectivity index (χ3n) is 2.22. The van der Waals surface area contributed by atoms with E-state index in [-0.39, 0.29) is 11.7 Å². The number of carbonyl (C=O) groups is 1. The zero-order chi connectivity index (χ0) is 11.4. The number of thiol groups is 1. The van der Waals surface area contributed by atoms with E-state index in [1.807, 2.05) is 0 Å². The van der Waals surface area contributed by atoms with Gasteiger partial charge in [-0.05, 0) is 18.1 Å². The van der Waals surface area contributed by atoms with Crippen molar-refractivity contribution in [2.75, 3.05) is 0 Å². The Hall–Kier alpha value is -1.36. The summed E-state index contributed by atoms with van der Waals surface area (Å²) < 4.78 is 20.9. The van der Waals surface area contributed by atoms with Crippen molar-refractivity contribution < 1.29 is 13.2 Å². The highest BCUT2D eigenvalue weighted by Crippen LogP contribution is 2.15. The maximum atomic E-state index is 10.9. The van der Waals surface area contributed by atoms with Crippen molar-refractivity contribution in [1.82, 2.24) is 0 Å². The first kappa shape index (κ1) is 11.7. The van der Waals surface area contributed by atoms with E-state index < -0.39 is 16.6 Å². The number of primary amides is 1. The Labute approximate surface area is 90.0 Å². The molecule has 5 heteroatoms. The Bertz CT molecular complexity index is 415. The highest BCUT2D eigenvalue weighted by atomic mass is 32.2. The Kier molecular flexibility index (Phi) is 3.85. The summed E-state index contributed by atoms with van der Waals surface area (Å²) in [6.45, 7) is 1.71. The molecule has 0 aliphatic heterocycles. The molecule has 0 aliphatic carbocycles. The molecule has 1 rings (SSSR count). The van der Waals surface area contributed by atoms with Crippen LogP contribution in [-0.2, 0) is 21.3 Å². The van der Waals surface area contributed by atoms with Gasteiger partial charge in [-0.2, -0.15) is 0 Å². The first-order valence-corrected chi connectivity index (χ1v) is 5.87. The minimum Gasteiger partial charge on any atom is -0.369 e. The van der Waals surface area contributed by atoms with Crippen molar-refractivity contribution in [2.45, 2.75) is 18.6 Å². The smallest absolute Gasteiger partial charge is 0.224 e. The lowest BCUT2D eigenvalue weighted by molar-refractivity contribution is -0.119. The van der Waals surface area contributed by atoms with Gasteiger partial charge in [-0.1, -0.05) is 24.3 Å². The topological polar surface area (TPSA) is 77.2 Å². The van der Waals surface area contributed by atoms with Crippen molar-refractivity contribution in [3.63, 3.8) is 0 Å². The van der Waals surface area contributed by atoms with Crippen LogP contribution in [0.25, 0.3) is 0 Å². The van der Waals surface area contributed by atoms with Crippen LogP contribution in [0.4, 0.5) is 0 Å². The Balaban J connectivity index is 2.85. The molecule has 4 nitrogen and oxygen atoms in total. The highest BCUT2D eigenvalue weighted by Gasteiger charge is 2.10. The van der Waals surface area contributed by atoms with E-state index in [4.69, 9.17) is 5.73 Å². The van der Waals surface area contributed by atoms with Gasteiger partial charge in [0.25, 0.3) is 0 Å². The summed E-state index contributed by atoms with van der Waals surface area (Å²) in [6, 6.07) is 6.84. The second kappa shape index (κ2) is 4.93. The fourth-order valence-corrected chi connectivity index (χ4v) is 1.73. The van der Waals surface area contributed by atoms with Crippen LogP contribution in [0.15, 0.2) is 24.3 Å². The number of rotatable bonds is 4. The normalized spacial score (nSPS) is 12.7. The quantitative estimate of drug-likeness (QED) is 0.730. The monoisotopic (exact) mass is 227 g/mol. The lowest BCUT2D eigenvalue weighted by atomic mass is 10.00. The zero-order valence-corrected chi connectivity index (χ0v) is 9.24. The Morgan fingerprint density at radius 1 is 1.33 bits per heavy atom. The Morgan fingerprint density at radius 3 is 2.27 bits per heavy atom. The summed E-state index contributed by atoms with van der Waals surface area (Å²) in [5.74, 6) is -0.710. The van der Waals surface area contributed by atoms with E-state index in [0.29, 0.717) is 5.56 Å². The van der Waals surface area contributed by atoms with Crippen molar-refractivity contribution >= 4 is 16.6 Å². The van der Waals surface area contributed by atoms with Crippen LogP contribution in [0.1, 0.15) is 24.0 Å². The summed E-state index contributed by atoms with van der Waals surface area (Å²) in [7, 11) is -2.41. The van der Waals surface area contributed by atoms with Crippen LogP contribution in [0.3, 0.4) is 0 Å². The first-order valence-electron chi connectivity index (χ1n) is 4.50. The standard InChI is InChI=1S/C10H13NO3S/c1-7(10(11)12)9-4-2-8(3-5-9)6-15(13)14/h2-5,7,15H,6H2,1H3,(H2,11,12). The third kappa shape index (κ3) is 3.36. The van der Waals surface area contributed by atoms with Gasteiger partial charge < -0.3 is 5.73 Å². The lowest BCUT2D eigenvalue weighted by Gasteiger charge is -2.07. The van der Waals surface area contributed by atoms with Crippen molar-refractivity contribution in [1.29, 1.82) is 0 Å². The fourth-order valence-electron chi connectivity index (χ4n) is 1.23. The van der Waals surface area contributed by atoms with Gasteiger partial charge in [-0.15, -0.1) is 0 Å². The number of hydrogen-bond donors (Lipinski definition) is 2. The first-order chi connectivity index (χ1) is 7.00. The molecule has 0 saturated heterocycles. The van der Waals surface area contributed by atoms with Crippen molar-refractivity contribution in [3.05, 3.63) is 35.4 Å². The number of carbonyl (C=O) groups excluding carboxylic acids is 1. The fraction of sp³-hybridized carbons (Fsp3) is 0.300. The van der Waals surface area contributed by atoms with E-state index in [1.54, 1.807) is 31.2 Å². The average Bonchev–Trinajstić information content (AvgIpc) is 2.17. The molecule has 0 aromatic heterocycles. The van der Waals surface area contributed by atoms with Gasteiger partial charge in [0.15, 0.2) is 0 Å². The summed E-state index contributed by atoms with van der Waals surface area (Å²) in [4.78, 5) is 10.9. The molecule has 82 valence electrons. The van der Waals surface area contributed by atoms with Crippen LogP contribution in [0.2, 0.25) is 0 Å². The molecule has 1 atom stereocenters. The van der Waals surface area contributed by atoms with E-state index in [0.717, 1.165) is 5.56 Å². The Morgan fingerprint density at radius 2 is 1.87 bits per heavy atom. The summed E-state index contributed by atoms with van der Waals surface area (Å²) >= 11 is 0. The minimum absolute atomic E-state index is 0.0283. The van der Waals surface area contributed by atoms with Gasteiger partial charge in [0.05, 0.1) is 11.7 Å². The molecular weight excluding hydrogens is 214 g/mol. The largest absolute Gasteiger partial charge is 0.369 e. The molecule has 0 fully saturated rings. The van der Waals surface area contributed by atoms with Gasteiger partial charge in [-0.25, -0.2) is 8.42 Å². The minimum atomic E-state index is -2.41. The molecule has 0 spiro atoms. The van der Waals surface area contributed by atoms with Crippen LogP contribution in [-0.4, -0.2) is 14.3 Å². The van der Waals surface area contributed by atoms with Crippen molar-refractivity contribution in [2.24, 2.45) is 5.73 Å². The maximum Gasteiger partial charge on any atom is 0.224 e. The molecule has 1 aromatic carbocycles. The van der Waals surface area contributed by atoms with E-state index >= 15 is 0 Å². The lowest BCUT2D eigenvalue weighted by Crippen LogP contribution is -2.18. The number of amides is 1. The second-order valence-electron chi connectivity index (χ2n) is 3.36. The van der Waals surface area contributed by atoms with Crippen LogP contribution < -0.4 is 5.73 Å². The van der Waals surface area contributed by atoms with Crippen molar-refractivity contribution in [3.8, 4) is 0 Å². The van der Waals surface area contributed by atoms with E-state index in [9.17, 15) is 13.2 Å². The summed E-state index contributed by atoms with van der Waals surface area (Å²) in [5, 5.41) is 0. The summed E-state index contributed by atoms with van der Waals surface area (Å²) in [5.41, 5.74) is 6.66. The molecule has 1 aromatic rings. The second-order valence-corrected chi connectivity index (χ2v) is 4.34. The number of hydrogen-bond acceptors (Lipinski definition) is 3. The molecule has 0 aliphatic rings. The molecule has 15 heavy (non-hydrogen) atoms. The average molecular weight is 227 g/mol. The summed E-state index contributed by atoms with van der Waals surface area (Å²) in [6.07, 6.45) is 0. The van der Waals surface area contributed by atoms with Gasteiger partial charge in [0, 0.05) is 0 Å². The molecule has 0 heterocycles. The number of nitrogens with two attached hydrogens (primary N) is 1. The molecule has 2 N–H and O–H groups in total. The molecular formula is C10H13NO3S. The van der Waals surface area contributed by atoms with Crippen LogP contribution in [0.5, 0.6) is 0 Å². The number of benzene rings is 1. The third-order valence-corrected chi connectivity index (χ3v) is 2.84. The van der Waals surface area contributed by atoms with Gasteiger partial charge in [-0.3, -0.25) is 4.79 Å². The van der Waals surface area contributed by atoms with E-state index in [2.05, 4.69) is 0 Å². The van der Waals surface area contributed by atoms with Crippen LogP contribution >= 0.6 is 0 Å². The predicted octanol–water partition coefficient (Wildman–Crippen LogP) is 0.387. The van der Waals surface area contributed by atoms with E-state index in [1.165, 1.54) is 0 Å². The van der Waals surface area contributed by atoms with Crippen LogP contribution in [0, 0.1) is 0 Å². The maximum absolute atomic E-state index is 10.9. The zero-order valence-electron chi connectivity index (χ0n) is 8.34. The van der Waals surface area contributed by atoms with Gasteiger partial charge >= 0.3 is 0 Å².